The van der Waals surface area contributed by atoms with Crippen LogP contribution in [0.15, 0.2) is 122 Å². The molecule has 2 aromatic heterocycles. The Morgan fingerprint density at radius 1 is 0.714 bits per heavy atom. The van der Waals surface area contributed by atoms with Gasteiger partial charge >= 0.3 is 12.1 Å². The Bertz CT molecular complexity index is 1990. The Kier molecular flexibility index (Phi) is 9.57. The first-order valence-electron chi connectivity index (χ1n) is 16.8. The van der Waals surface area contributed by atoms with Crippen molar-refractivity contribution in [1.29, 1.82) is 0 Å². The fraction of sp³-hybridized carbons (Fsp3) is 0.220. The van der Waals surface area contributed by atoms with Crippen molar-refractivity contribution in [1.82, 2.24) is 20.2 Å². The fourth-order valence-corrected chi connectivity index (χ4v) is 6.83. The molecule has 246 valence electrons. The highest BCUT2D eigenvalue weighted by atomic mass is 16.5. The number of aromatic nitrogens is 2. The summed E-state index contributed by atoms with van der Waals surface area (Å²) in [5, 5.41) is 17.0. The maximum absolute atomic E-state index is 12.9. The second-order valence-corrected chi connectivity index (χ2v) is 12.6. The number of nitrogens with one attached hydrogen (secondary N) is 1. The van der Waals surface area contributed by atoms with Gasteiger partial charge in [0.05, 0.1) is 11.4 Å². The molecule has 1 atom stereocenters. The van der Waals surface area contributed by atoms with Crippen molar-refractivity contribution in [3.63, 3.8) is 0 Å². The Morgan fingerprint density at radius 3 is 1.78 bits per heavy atom. The third kappa shape index (κ3) is 7.45. The lowest BCUT2D eigenvalue weighted by Gasteiger charge is -2.22. The van der Waals surface area contributed by atoms with E-state index >= 15 is 0 Å². The summed E-state index contributed by atoms with van der Waals surface area (Å²) < 4.78 is 5.62. The quantitative estimate of drug-likeness (QED) is 0.122. The molecule has 0 fully saturated rings. The van der Waals surface area contributed by atoms with Crippen LogP contribution < -0.4 is 5.32 Å². The van der Waals surface area contributed by atoms with Gasteiger partial charge in [-0.3, -0.25) is 14.9 Å². The van der Waals surface area contributed by atoms with Crippen LogP contribution in [0.2, 0.25) is 0 Å². The number of nitrogens with zero attached hydrogens (tertiary/aromatic N) is 3. The van der Waals surface area contributed by atoms with Gasteiger partial charge in [-0.1, -0.05) is 97.1 Å². The molecule has 1 aliphatic carbocycles. The molecule has 0 saturated heterocycles. The minimum atomic E-state index is -1.08. The van der Waals surface area contributed by atoms with Gasteiger partial charge < -0.3 is 15.2 Å². The number of benzene rings is 4. The summed E-state index contributed by atoms with van der Waals surface area (Å²) >= 11 is 0. The molecule has 0 bridgehead atoms. The number of hydrogen-bond acceptors (Lipinski definition) is 6. The summed E-state index contributed by atoms with van der Waals surface area (Å²) in [4.78, 5) is 36.7. The topological polar surface area (TPSA) is 105 Å². The lowest BCUT2D eigenvalue weighted by molar-refractivity contribution is -0.139. The zero-order chi connectivity index (χ0) is 33.6. The van der Waals surface area contributed by atoms with Gasteiger partial charge in [-0.05, 0) is 71.0 Å². The van der Waals surface area contributed by atoms with Crippen molar-refractivity contribution in [2.45, 2.75) is 44.3 Å². The fourth-order valence-electron chi connectivity index (χ4n) is 6.83. The summed E-state index contributed by atoms with van der Waals surface area (Å²) in [6.07, 6.45) is 4.72. The smallest absolute Gasteiger partial charge is 0.407 e. The van der Waals surface area contributed by atoms with Crippen molar-refractivity contribution in [3.8, 4) is 11.1 Å². The Balaban J connectivity index is 0.964. The summed E-state index contributed by atoms with van der Waals surface area (Å²) in [5.41, 5.74) is 6.40. The van der Waals surface area contributed by atoms with Crippen molar-refractivity contribution < 1.29 is 19.4 Å². The molecular formula is C41H38N4O4. The largest absolute Gasteiger partial charge is 0.480 e. The number of fused-ring (bicyclic) bond motifs is 5. The average Bonchev–Trinajstić information content (AvgIpc) is 3.45. The molecule has 7 rings (SSSR count). The van der Waals surface area contributed by atoms with Gasteiger partial charge in [0.1, 0.15) is 12.6 Å². The van der Waals surface area contributed by atoms with Gasteiger partial charge in [0, 0.05) is 42.2 Å². The first kappa shape index (κ1) is 32.0. The third-order valence-electron chi connectivity index (χ3n) is 9.30. The lowest BCUT2D eigenvalue weighted by atomic mass is 9.98. The van der Waals surface area contributed by atoms with E-state index in [2.05, 4.69) is 70.9 Å². The molecule has 0 spiro atoms. The molecule has 49 heavy (non-hydrogen) atoms. The van der Waals surface area contributed by atoms with Crippen LogP contribution in [0.3, 0.4) is 0 Å². The van der Waals surface area contributed by atoms with E-state index in [0.29, 0.717) is 26.1 Å². The van der Waals surface area contributed by atoms with Gasteiger partial charge in [-0.15, -0.1) is 0 Å². The van der Waals surface area contributed by atoms with Crippen LogP contribution in [-0.4, -0.2) is 51.2 Å². The molecule has 2 heterocycles. The predicted molar refractivity (Wildman–Crippen MR) is 191 cm³/mol. The van der Waals surface area contributed by atoms with Crippen molar-refractivity contribution in [3.05, 3.63) is 144 Å². The van der Waals surface area contributed by atoms with E-state index in [1.807, 2.05) is 60.9 Å². The maximum Gasteiger partial charge on any atom is 0.407 e. The number of ether oxygens (including phenoxy) is 1. The summed E-state index contributed by atoms with van der Waals surface area (Å²) in [6.45, 7) is 2.09. The molecule has 8 heteroatoms. The van der Waals surface area contributed by atoms with Crippen LogP contribution >= 0.6 is 0 Å². The Labute approximate surface area is 285 Å². The molecule has 0 radical (unpaired) electrons. The highest BCUT2D eigenvalue weighted by molar-refractivity contribution is 5.83. The highest BCUT2D eigenvalue weighted by Gasteiger charge is 2.29. The zero-order valence-electron chi connectivity index (χ0n) is 27.2. The van der Waals surface area contributed by atoms with E-state index < -0.39 is 18.1 Å². The first-order valence-corrected chi connectivity index (χ1v) is 16.8. The second-order valence-electron chi connectivity index (χ2n) is 12.6. The number of unbranched alkanes of at least 4 members (excludes halogenated alkanes) is 1. The van der Waals surface area contributed by atoms with Crippen LogP contribution in [0, 0.1) is 0 Å². The van der Waals surface area contributed by atoms with E-state index in [4.69, 9.17) is 14.7 Å². The number of hydrogen-bond donors (Lipinski definition) is 2. The number of alkyl carbamates (subject to hydrolysis) is 1. The number of rotatable bonds is 13. The number of carbonyl (C=O) groups is 2. The van der Waals surface area contributed by atoms with Crippen LogP contribution in [0.1, 0.15) is 47.7 Å². The van der Waals surface area contributed by atoms with Crippen LogP contribution in [0.5, 0.6) is 0 Å². The van der Waals surface area contributed by atoms with Gasteiger partial charge in [0.25, 0.3) is 0 Å². The van der Waals surface area contributed by atoms with E-state index in [-0.39, 0.29) is 18.9 Å². The summed E-state index contributed by atoms with van der Waals surface area (Å²) in [5.74, 6) is -1.17. The molecule has 1 aliphatic rings. The van der Waals surface area contributed by atoms with Crippen molar-refractivity contribution >= 4 is 33.6 Å². The van der Waals surface area contributed by atoms with E-state index in [9.17, 15) is 14.7 Å². The first-order chi connectivity index (χ1) is 24.0. The van der Waals surface area contributed by atoms with Gasteiger partial charge in [-0.2, -0.15) is 0 Å². The van der Waals surface area contributed by atoms with Crippen LogP contribution in [-0.2, 0) is 22.6 Å². The molecular weight excluding hydrogens is 612 g/mol. The molecule has 6 aromatic rings. The van der Waals surface area contributed by atoms with Crippen molar-refractivity contribution in [2.75, 3.05) is 13.2 Å². The number of amides is 1. The minimum absolute atomic E-state index is 0.0957. The lowest BCUT2D eigenvalue weighted by Crippen LogP contribution is -2.41. The molecule has 0 aliphatic heterocycles. The van der Waals surface area contributed by atoms with Gasteiger partial charge in [0.2, 0.25) is 0 Å². The van der Waals surface area contributed by atoms with Gasteiger partial charge in [0.15, 0.2) is 0 Å². The molecule has 1 amide bonds. The highest BCUT2D eigenvalue weighted by Crippen LogP contribution is 2.44. The zero-order valence-corrected chi connectivity index (χ0v) is 27.2. The molecule has 4 aromatic carbocycles. The van der Waals surface area contributed by atoms with E-state index in [0.717, 1.165) is 61.6 Å². The molecule has 0 saturated carbocycles. The van der Waals surface area contributed by atoms with Crippen molar-refractivity contribution in [2.24, 2.45) is 0 Å². The molecule has 2 N–H and O–H groups in total. The number of carbonyl (C=O) groups excluding carboxylic acids is 1. The van der Waals surface area contributed by atoms with E-state index in [1.165, 1.54) is 0 Å². The Morgan fingerprint density at radius 2 is 1.22 bits per heavy atom. The SMILES string of the molecule is O=C(NC(CCCCN(Cc1cc2ccccc2cn1)Cc1cc2ccccc2cn1)C(=O)O)OCC1c2ccccc2-c2ccccc21. The normalized spacial score (nSPS) is 12.9. The number of carboxylic acid groups (broad SMARTS) is 1. The standard InChI is InChI=1S/C41H38N4O4/c46-40(47)39(44-41(48)49-27-38-36-17-7-5-15-34(36)35-16-6-8-18-37(35)38)19-9-10-20-45(25-32-21-28-11-1-3-13-30(28)23-42-32)26-33-22-29-12-2-4-14-31(29)24-43-33/h1-8,11-18,21-24,38-39H,9-10,19-20,25-27H2,(H,44,48)(H,46,47). The average molecular weight is 651 g/mol. The van der Waals surface area contributed by atoms with Crippen LogP contribution in [0.25, 0.3) is 32.7 Å². The molecule has 1 unspecified atom stereocenters. The second kappa shape index (κ2) is 14.7. The predicted octanol–water partition coefficient (Wildman–Crippen LogP) is 7.95. The monoisotopic (exact) mass is 650 g/mol. The third-order valence-corrected chi connectivity index (χ3v) is 9.30. The summed E-state index contributed by atoms with van der Waals surface area (Å²) in [6, 6.07) is 35.8. The Hall–Kier alpha value is -5.60. The minimum Gasteiger partial charge on any atom is -0.480 e. The maximum atomic E-state index is 12.9. The van der Waals surface area contributed by atoms with Gasteiger partial charge in [-0.25, -0.2) is 9.59 Å². The van der Waals surface area contributed by atoms with E-state index in [1.54, 1.807) is 0 Å². The summed E-state index contributed by atoms with van der Waals surface area (Å²) in [7, 11) is 0. The number of pyridine rings is 2. The number of aliphatic carboxylic acids is 1. The van der Waals surface area contributed by atoms with Crippen LogP contribution in [0.4, 0.5) is 4.79 Å². The number of carboxylic acids is 1. The molecule has 8 nitrogen and oxygen atoms in total.